The van der Waals surface area contributed by atoms with Crippen molar-refractivity contribution in [3.63, 3.8) is 0 Å². The molecule has 1 rings (SSSR count). The highest BCUT2D eigenvalue weighted by atomic mass is 32.1. The van der Waals surface area contributed by atoms with Crippen molar-refractivity contribution in [1.82, 2.24) is 0 Å². The van der Waals surface area contributed by atoms with E-state index < -0.39 is 23.6 Å². The molecule has 1 atom stereocenters. The first-order chi connectivity index (χ1) is 9.14. The minimum Gasteiger partial charge on any atom is -0.393 e. The minimum atomic E-state index is -4.54. The number of hydrogen-bond donors (Lipinski definition) is 2. The summed E-state index contributed by atoms with van der Waals surface area (Å²) < 4.78 is 38.4. The molecule has 7 heteroatoms. The summed E-state index contributed by atoms with van der Waals surface area (Å²) in [6, 6.07) is 4.76. The Morgan fingerprint density at radius 1 is 1.30 bits per heavy atom. The van der Waals surface area contributed by atoms with Crippen LogP contribution < -0.4 is 11.1 Å². The van der Waals surface area contributed by atoms with Crippen LogP contribution in [-0.4, -0.2) is 10.9 Å². The molecule has 0 aliphatic rings. The Balaban J connectivity index is 3.05. The highest BCUT2D eigenvalue weighted by Crippen LogP contribution is 2.34. The van der Waals surface area contributed by atoms with Gasteiger partial charge < -0.3 is 11.1 Å². The topological polar surface area (TPSA) is 55.1 Å². The third-order valence-corrected chi connectivity index (χ3v) is 3.00. The molecule has 0 heterocycles. The number of hydrogen-bond acceptors (Lipinski definition) is 2. The van der Waals surface area contributed by atoms with Crippen LogP contribution in [0.5, 0.6) is 0 Å². The molecule has 1 amide bonds. The molecule has 0 aliphatic carbocycles. The Morgan fingerprint density at radius 3 is 2.30 bits per heavy atom. The highest BCUT2D eigenvalue weighted by Gasteiger charge is 2.34. The number of nitrogens with two attached hydrogens (primary N) is 1. The molecule has 1 aromatic rings. The predicted molar refractivity (Wildman–Crippen MR) is 75.2 cm³/mol. The van der Waals surface area contributed by atoms with Crippen LogP contribution >= 0.6 is 12.2 Å². The number of nitrogens with one attached hydrogen (secondary N) is 1. The van der Waals surface area contributed by atoms with Crippen molar-refractivity contribution in [1.29, 1.82) is 0 Å². The summed E-state index contributed by atoms with van der Waals surface area (Å²) in [7, 11) is 0. The fourth-order valence-electron chi connectivity index (χ4n) is 1.81. The Bertz CT molecular complexity index is 515. The molecular weight excluding hydrogens is 289 g/mol. The quantitative estimate of drug-likeness (QED) is 0.840. The van der Waals surface area contributed by atoms with Crippen LogP contribution in [0.15, 0.2) is 24.3 Å². The van der Waals surface area contributed by atoms with Crippen LogP contribution in [0, 0.1) is 11.8 Å². The summed E-state index contributed by atoms with van der Waals surface area (Å²) in [6.45, 7) is 3.44. The lowest BCUT2D eigenvalue weighted by Crippen LogP contribution is -2.37. The van der Waals surface area contributed by atoms with E-state index in [4.69, 9.17) is 18.0 Å². The zero-order chi connectivity index (χ0) is 15.5. The summed E-state index contributed by atoms with van der Waals surface area (Å²) in [5.74, 6) is -1.65. The Labute approximate surface area is 120 Å². The molecule has 110 valence electrons. The van der Waals surface area contributed by atoms with E-state index in [2.05, 4.69) is 5.32 Å². The van der Waals surface area contributed by atoms with Crippen molar-refractivity contribution in [2.24, 2.45) is 17.6 Å². The molecule has 0 fully saturated rings. The average Bonchev–Trinajstić information content (AvgIpc) is 2.26. The molecule has 3 nitrogen and oxygen atoms in total. The molecule has 0 spiro atoms. The zero-order valence-corrected chi connectivity index (χ0v) is 11.8. The smallest absolute Gasteiger partial charge is 0.393 e. The first kappa shape index (κ1) is 16.4. The summed E-state index contributed by atoms with van der Waals surface area (Å²) >= 11 is 4.79. The fourth-order valence-corrected chi connectivity index (χ4v) is 2.19. The van der Waals surface area contributed by atoms with Gasteiger partial charge in [-0.1, -0.05) is 38.2 Å². The maximum absolute atomic E-state index is 12.8. The number of alkyl halides is 3. The van der Waals surface area contributed by atoms with E-state index >= 15 is 0 Å². The molecule has 0 aliphatic heterocycles. The number of carbonyl (C=O) groups excluding carboxylic acids is 1. The van der Waals surface area contributed by atoms with E-state index in [9.17, 15) is 18.0 Å². The van der Waals surface area contributed by atoms with Crippen LogP contribution in [0.3, 0.4) is 0 Å². The zero-order valence-electron chi connectivity index (χ0n) is 11.0. The van der Waals surface area contributed by atoms with Gasteiger partial charge in [0.05, 0.1) is 22.2 Å². The summed E-state index contributed by atoms with van der Waals surface area (Å²) in [5.41, 5.74) is 4.26. The van der Waals surface area contributed by atoms with Crippen LogP contribution in [-0.2, 0) is 11.0 Å². The first-order valence-electron chi connectivity index (χ1n) is 5.91. The van der Waals surface area contributed by atoms with Crippen LogP contribution in [0.4, 0.5) is 18.9 Å². The van der Waals surface area contributed by atoms with Gasteiger partial charge in [0.1, 0.15) is 0 Å². The Morgan fingerprint density at radius 2 is 1.85 bits per heavy atom. The van der Waals surface area contributed by atoms with Gasteiger partial charge in [0, 0.05) is 0 Å². The van der Waals surface area contributed by atoms with Gasteiger partial charge in [-0.05, 0) is 18.1 Å². The third-order valence-electron chi connectivity index (χ3n) is 2.75. The summed E-state index contributed by atoms with van der Waals surface area (Å²) in [5, 5.41) is 2.25. The summed E-state index contributed by atoms with van der Waals surface area (Å²) in [4.78, 5) is 12.0. The van der Waals surface area contributed by atoms with Gasteiger partial charge in [0.15, 0.2) is 0 Å². The second-order valence-electron chi connectivity index (χ2n) is 4.66. The van der Waals surface area contributed by atoms with Crippen molar-refractivity contribution in [3.8, 4) is 0 Å². The number of amides is 1. The second kappa shape index (κ2) is 6.21. The van der Waals surface area contributed by atoms with Crippen molar-refractivity contribution < 1.29 is 18.0 Å². The molecule has 1 aromatic carbocycles. The molecule has 3 N–H and O–H groups in total. The van der Waals surface area contributed by atoms with E-state index in [1.807, 2.05) is 0 Å². The molecule has 0 radical (unpaired) electrons. The van der Waals surface area contributed by atoms with E-state index in [-0.39, 0.29) is 16.6 Å². The lowest BCUT2D eigenvalue weighted by molar-refractivity contribution is -0.137. The largest absolute Gasteiger partial charge is 0.418 e. The Kier molecular flexibility index (Phi) is 5.10. The van der Waals surface area contributed by atoms with Gasteiger partial charge >= 0.3 is 6.18 Å². The first-order valence-corrected chi connectivity index (χ1v) is 6.31. The number of thiocarbonyl (C=S) groups is 1. The maximum Gasteiger partial charge on any atom is 0.418 e. The monoisotopic (exact) mass is 304 g/mol. The second-order valence-corrected chi connectivity index (χ2v) is 5.13. The van der Waals surface area contributed by atoms with Gasteiger partial charge in [-0.15, -0.1) is 0 Å². The third kappa shape index (κ3) is 3.93. The number of carbonyl (C=O) groups is 1. The molecule has 20 heavy (non-hydrogen) atoms. The average molecular weight is 304 g/mol. The number of para-hydroxylation sites is 1. The SMILES string of the molecule is CC(C)C(C(=O)Nc1ccccc1C(F)(F)F)C(N)=S. The lowest BCUT2D eigenvalue weighted by atomic mass is 9.94. The normalized spacial score (nSPS) is 13.1. The van der Waals surface area contributed by atoms with E-state index in [1.165, 1.54) is 18.2 Å². The van der Waals surface area contributed by atoms with Crippen LogP contribution in [0.25, 0.3) is 0 Å². The molecule has 0 saturated heterocycles. The molecule has 1 unspecified atom stereocenters. The molecular formula is C13H15F3N2OS. The maximum atomic E-state index is 12.8. The van der Waals surface area contributed by atoms with Gasteiger partial charge in [0.2, 0.25) is 5.91 Å². The number of halogens is 3. The molecule has 0 saturated carbocycles. The van der Waals surface area contributed by atoms with E-state index in [0.717, 1.165) is 6.07 Å². The minimum absolute atomic E-state index is 0.0398. The van der Waals surface area contributed by atoms with E-state index in [1.54, 1.807) is 13.8 Å². The lowest BCUT2D eigenvalue weighted by Gasteiger charge is -2.20. The fraction of sp³-hybridized carbons (Fsp3) is 0.385. The van der Waals surface area contributed by atoms with Crippen molar-refractivity contribution in [2.75, 3.05) is 5.32 Å². The van der Waals surface area contributed by atoms with Crippen molar-refractivity contribution in [3.05, 3.63) is 29.8 Å². The van der Waals surface area contributed by atoms with Gasteiger partial charge in [-0.25, -0.2) is 0 Å². The standard InChI is InChI=1S/C13H15F3N2OS/c1-7(2)10(11(17)20)12(19)18-9-6-4-3-5-8(9)13(14,15)16/h3-7,10H,1-2H3,(H2,17,20)(H,18,19). The van der Waals surface area contributed by atoms with Crippen LogP contribution in [0.2, 0.25) is 0 Å². The highest BCUT2D eigenvalue weighted by molar-refractivity contribution is 7.80. The van der Waals surface area contributed by atoms with Crippen molar-refractivity contribution >= 4 is 28.8 Å². The number of benzene rings is 1. The number of anilines is 1. The Hall–Kier alpha value is -1.63. The van der Waals surface area contributed by atoms with Gasteiger partial charge in [0.25, 0.3) is 0 Å². The summed E-state index contributed by atoms with van der Waals surface area (Å²) in [6.07, 6.45) is -4.54. The predicted octanol–water partition coefficient (Wildman–Crippen LogP) is 3.20. The van der Waals surface area contributed by atoms with Crippen LogP contribution in [0.1, 0.15) is 19.4 Å². The molecule has 0 aromatic heterocycles. The number of rotatable bonds is 4. The van der Waals surface area contributed by atoms with Gasteiger partial charge in [-0.3, -0.25) is 4.79 Å². The van der Waals surface area contributed by atoms with Gasteiger partial charge in [-0.2, -0.15) is 13.2 Å². The van der Waals surface area contributed by atoms with E-state index in [0.29, 0.717) is 0 Å². The van der Waals surface area contributed by atoms with Crippen molar-refractivity contribution in [2.45, 2.75) is 20.0 Å². The molecule has 0 bridgehead atoms.